The maximum atomic E-state index is 11.6. The molecule has 0 bridgehead atoms. The maximum Gasteiger partial charge on any atom is 0.217 e. The summed E-state index contributed by atoms with van der Waals surface area (Å²) in [4.78, 5) is 0. The summed E-state index contributed by atoms with van der Waals surface area (Å²) in [6.45, 7) is 0. The molecular weight excluding hydrogens is 121 g/mol. The molecule has 0 saturated carbocycles. The molecule has 8 heavy (non-hydrogen) atoms. The fraction of sp³-hybridized carbons (Fsp3) is 0.333. The van der Waals surface area contributed by atoms with Crippen LogP contribution in [0.15, 0.2) is 12.2 Å². The van der Waals surface area contributed by atoms with Crippen LogP contribution in [0.3, 0.4) is 0 Å². The van der Waals surface area contributed by atoms with Crippen molar-refractivity contribution >= 4 is 0 Å². The summed E-state index contributed by atoms with van der Waals surface area (Å²) in [6, 6.07) is 0. The van der Waals surface area contributed by atoms with Gasteiger partial charge in [0.25, 0.3) is 0 Å². The highest BCUT2D eigenvalue weighted by molar-refractivity contribution is 4.90. The Kier molecular flexibility index (Phi) is 3.21. The Morgan fingerprint density at radius 1 is 1.75 bits per heavy atom. The standard InChI is InChI=1S/C3H5F3N2/c4-1-2(5)3(6)8-7/h1,3,8H,7H2. The Morgan fingerprint density at radius 3 is 2.38 bits per heavy atom. The van der Waals surface area contributed by atoms with Crippen LogP contribution in [0.2, 0.25) is 0 Å². The number of hydrogen-bond acceptors (Lipinski definition) is 2. The highest BCUT2D eigenvalue weighted by atomic mass is 19.2. The van der Waals surface area contributed by atoms with E-state index in [0.29, 0.717) is 0 Å². The lowest BCUT2D eigenvalue weighted by atomic mass is 10.5. The van der Waals surface area contributed by atoms with Crippen molar-refractivity contribution in [1.29, 1.82) is 0 Å². The third-order valence-electron chi connectivity index (χ3n) is 0.493. The molecule has 1 unspecified atom stereocenters. The second-order valence-electron chi connectivity index (χ2n) is 1.02. The first kappa shape index (κ1) is 7.45. The molecule has 0 aliphatic rings. The quantitative estimate of drug-likeness (QED) is 0.321. The summed E-state index contributed by atoms with van der Waals surface area (Å²) < 4.78 is 34.1. The summed E-state index contributed by atoms with van der Waals surface area (Å²) in [5.41, 5.74) is 1.37. The molecule has 0 saturated heterocycles. The minimum atomic E-state index is -2.24. The van der Waals surface area contributed by atoms with Gasteiger partial charge in [-0.05, 0) is 0 Å². The van der Waals surface area contributed by atoms with Crippen molar-refractivity contribution in [2.45, 2.75) is 6.30 Å². The molecule has 0 rings (SSSR count). The van der Waals surface area contributed by atoms with E-state index in [-0.39, 0.29) is 0 Å². The second kappa shape index (κ2) is 3.45. The summed E-state index contributed by atoms with van der Waals surface area (Å²) in [6.07, 6.45) is -2.73. The molecule has 0 aliphatic carbocycles. The number of alkyl halides is 1. The number of halogens is 3. The van der Waals surface area contributed by atoms with Crippen molar-refractivity contribution in [3.63, 3.8) is 0 Å². The number of rotatable bonds is 2. The van der Waals surface area contributed by atoms with Crippen molar-refractivity contribution in [3.05, 3.63) is 12.2 Å². The van der Waals surface area contributed by atoms with E-state index >= 15 is 0 Å². The van der Waals surface area contributed by atoms with Gasteiger partial charge in [-0.3, -0.25) is 5.84 Å². The normalized spacial score (nSPS) is 16.2. The van der Waals surface area contributed by atoms with Gasteiger partial charge in [0.15, 0.2) is 5.83 Å². The van der Waals surface area contributed by atoms with Crippen LogP contribution < -0.4 is 11.3 Å². The fourth-order valence-electron chi connectivity index (χ4n) is 0.135. The lowest BCUT2D eigenvalue weighted by molar-refractivity contribution is 0.271. The van der Waals surface area contributed by atoms with Crippen molar-refractivity contribution in [2.75, 3.05) is 0 Å². The molecule has 0 aromatic rings. The molecule has 5 heteroatoms. The Morgan fingerprint density at radius 2 is 2.25 bits per heavy atom. The molecule has 1 atom stereocenters. The number of nitrogens with one attached hydrogen (secondary N) is 1. The van der Waals surface area contributed by atoms with E-state index in [9.17, 15) is 13.2 Å². The van der Waals surface area contributed by atoms with Crippen LogP contribution in [-0.4, -0.2) is 6.30 Å². The van der Waals surface area contributed by atoms with Gasteiger partial charge in [-0.15, -0.1) is 0 Å². The molecule has 0 radical (unpaired) electrons. The predicted molar refractivity (Wildman–Crippen MR) is 22.5 cm³/mol. The maximum absolute atomic E-state index is 11.6. The molecule has 0 amide bonds. The van der Waals surface area contributed by atoms with Gasteiger partial charge in [-0.25, -0.2) is 18.6 Å². The van der Waals surface area contributed by atoms with Crippen molar-refractivity contribution in [1.82, 2.24) is 5.43 Å². The lowest BCUT2D eigenvalue weighted by Crippen LogP contribution is -2.31. The van der Waals surface area contributed by atoms with Gasteiger partial charge in [0.05, 0.1) is 0 Å². The largest absolute Gasteiger partial charge is 0.269 e. The molecule has 0 aromatic heterocycles. The van der Waals surface area contributed by atoms with Crippen molar-refractivity contribution < 1.29 is 13.2 Å². The molecule has 0 heterocycles. The number of nitrogens with two attached hydrogens (primary N) is 1. The van der Waals surface area contributed by atoms with E-state index < -0.39 is 18.5 Å². The van der Waals surface area contributed by atoms with Crippen LogP contribution in [0.5, 0.6) is 0 Å². The summed E-state index contributed by atoms with van der Waals surface area (Å²) in [5.74, 6) is 2.81. The Bertz CT molecular complexity index is 92.5. The van der Waals surface area contributed by atoms with Gasteiger partial charge in [0.2, 0.25) is 6.30 Å². The van der Waals surface area contributed by atoms with E-state index in [2.05, 4.69) is 5.84 Å². The third kappa shape index (κ3) is 1.94. The van der Waals surface area contributed by atoms with Crippen LogP contribution in [0, 0.1) is 0 Å². The molecule has 0 spiro atoms. The van der Waals surface area contributed by atoms with Crippen LogP contribution in [0.1, 0.15) is 0 Å². The molecular formula is C3H5F3N2. The highest BCUT2D eigenvalue weighted by Crippen LogP contribution is 2.03. The van der Waals surface area contributed by atoms with Crippen LogP contribution in [-0.2, 0) is 0 Å². The summed E-state index contributed by atoms with van der Waals surface area (Å²) in [5, 5.41) is 0. The second-order valence-corrected chi connectivity index (χ2v) is 1.02. The monoisotopic (exact) mass is 126 g/mol. The van der Waals surface area contributed by atoms with Gasteiger partial charge in [-0.2, -0.15) is 0 Å². The Labute approximate surface area is 44.1 Å². The van der Waals surface area contributed by atoms with Crippen LogP contribution in [0.25, 0.3) is 0 Å². The minimum absolute atomic E-state index is 0.496. The van der Waals surface area contributed by atoms with Gasteiger partial charge in [-0.1, -0.05) is 0 Å². The zero-order chi connectivity index (χ0) is 6.57. The first-order valence-corrected chi connectivity index (χ1v) is 1.78. The van der Waals surface area contributed by atoms with Crippen LogP contribution in [0.4, 0.5) is 13.2 Å². The van der Waals surface area contributed by atoms with E-state index in [1.165, 1.54) is 5.43 Å². The third-order valence-corrected chi connectivity index (χ3v) is 0.493. The van der Waals surface area contributed by atoms with Crippen molar-refractivity contribution in [3.8, 4) is 0 Å². The summed E-state index contributed by atoms with van der Waals surface area (Å²) >= 11 is 0. The smallest absolute Gasteiger partial charge is 0.217 e. The summed E-state index contributed by atoms with van der Waals surface area (Å²) in [7, 11) is 0. The minimum Gasteiger partial charge on any atom is -0.269 e. The van der Waals surface area contributed by atoms with Gasteiger partial charge >= 0.3 is 0 Å². The molecule has 48 valence electrons. The average molecular weight is 126 g/mol. The van der Waals surface area contributed by atoms with Crippen LogP contribution >= 0.6 is 0 Å². The molecule has 2 nitrogen and oxygen atoms in total. The topological polar surface area (TPSA) is 38.0 Å². The number of hydrazine groups is 1. The van der Waals surface area contributed by atoms with E-state index in [1.807, 2.05) is 0 Å². The Hall–Kier alpha value is -0.550. The highest BCUT2D eigenvalue weighted by Gasteiger charge is 2.08. The van der Waals surface area contributed by atoms with Gasteiger partial charge in [0, 0.05) is 0 Å². The molecule has 0 aromatic carbocycles. The SMILES string of the molecule is NNC(F)C(F)=CF. The van der Waals surface area contributed by atoms with Crippen molar-refractivity contribution in [2.24, 2.45) is 5.84 Å². The molecule has 0 aliphatic heterocycles. The van der Waals surface area contributed by atoms with E-state index in [0.717, 1.165) is 0 Å². The van der Waals surface area contributed by atoms with E-state index in [1.54, 1.807) is 0 Å². The van der Waals surface area contributed by atoms with Gasteiger partial charge in [0.1, 0.15) is 6.33 Å². The first-order valence-electron chi connectivity index (χ1n) is 1.78. The fourth-order valence-corrected chi connectivity index (χ4v) is 0.135. The molecule has 0 fully saturated rings. The zero-order valence-electron chi connectivity index (χ0n) is 3.87. The van der Waals surface area contributed by atoms with E-state index in [4.69, 9.17) is 0 Å². The number of hydrogen-bond donors (Lipinski definition) is 2. The molecule has 3 N–H and O–H groups in total. The zero-order valence-corrected chi connectivity index (χ0v) is 3.87. The van der Waals surface area contributed by atoms with Gasteiger partial charge < -0.3 is 0 Å². The Balaban J connectivity index is 3.63. The average Bonchev–Trinajstić information content (AvgIpc) is 1.84. The lowest BCUT2D eigenvalue weighted by Gasteiger charge is -1.98. The predicted octanol–water partition coefficient (Wildman–Crippen LogP) is 0.526. The first-order chi connectivity index (χ1) is 3.72.